The van der Waals surface area contributed by atoms with Crippen LogP contribution in [-0.2, 0) is 0 Å². The fraction of sp³-hybridized carbons (Fsp3) is 0. The van der Waals surface area contributed by atoms with Crippen LogP contribution in [0, 0.1) is 0 Å². The van der Waals surface area contributed by atoms with Crippen molar-refractivity contribution in [3.8, 4) is 0 Å². The molecule has 0 heterocycles. The van der Waals surface area contributed by atoms with Gasteiger partial charge in [-0.3, -0.25) is 4.79 Å². The van der Waals surface area contributed by atoms with Crippen molar-refractivity contribution >= 4 is 23.3 Å². The first-order valence-corrected chi connectivity index (χ1v) is 5.68. The van der Waals surface area contributed by atoms with Crippen molar-refractivity contribution in [3.63, 3.8) is 0 Å². The van der Waals surface area contributed by atoms with Crippen molar-refractivity contribution in [2.75, 3.05) is 10.6 Å². The maximum absolute atomic E-state index is 12.0. The molecule has 2 aromatic rings. The molecule has 2 aromatic carbocycles. The summed E-state index contributed by atoms with van der Waals surface area (Å²) in [5.41, 5.74) is 6.65. The average Bonchev–Trinajstić information content (AvgIpc) is 2.39. The summed E-state index contributed by atoms with van der Waals surface area (Å²) in [5, 5.41) is 5.18. The molecule has 3 amide bonds. The highest BCUT2D eigenvalue weighted by atomic mass is 16.2. The SMILES string of the molecule is NC(=O)Nc1cccc(C(=O)Nc2ccccc2)c1. The van der Waals surface area contributed by atoms with Gasteiger partial charge in [0.05, 0.1) is 0 Å². The summed E-state index contributed by atoms with van der Waals surface area (Å²) < 4.78 is 0. The van der Waals surface area contributed by atoms with E-state index in [1.807, 2.05) is 18.2 Å². The molecular formula is C14H13N3O2. The van der Waals surface area contributed by atoms with Gasteiger partial charge >= 0.3 is 6.03 Å². The number of amides is 3. The Labute approximate surface area is 110 Å². The van der Waals surface area contributed by atoms with Crippen molar-refractivity contribution in [3.05, 3.63) is 60.2 Å². The van der Waals surface area contributed by atoms with E-state index in [-0.39, 0.29) is 5.91 Å². The molecule has 0 unspecified atom stereocenters. The minimum Gasteiger partial charge on any atom is -0.351 e. The molecule has 2 rings (SSSR count). The number of nitrogens with two attached hydrogens (primary N) is 1. The molecular weight excluding hydrogens is 242 g/mol. The lowest BCUT2D eigenvalue weighted by Gasteiger charge is -2.07. The Hall–Kier alpha value is -2.82. The lowest BCUT2D eigenvalue weighted by molar-refractivity contribution is 0.102. The second-order valence-corrected chi connectivity index (χ2v) is 3.89. The number of anilines is 2. The molecule has 0 bridgehead atoms. The Morgan fingerprint density at radius 2 is 1.53 bits per heavy atom. The van der Waals surface area contributed by atoms with Crippen LogP contribution in [0.1, 0.15) is 10.4 Å². The van der Waals surface area contributed by atoms with Gasteiger partial charge in [-0.05, 0) is 30.3 Å². The van der Waals surface area contributed by atoms with Crippen LogP contribution in [0.3, 0.4) is 0 Å². The van der Waals surface area contributed by atoms with Gasteiger partial charge in [-0.25, -0.2) is 4.79 Å². The first-order valence-electron chi connectivity index (χ1n) is 5.68. The molecule has 0 aliphatic heterocycles. The molecule has 5 nitrogen and oxygen atoms in total. The van der Waals surface area contributed by atoms with Crippen LogP contribution in [0.4, 0.5) is 16.2 Å². The summed E-state index contributed by atoms with van der Waals surface area (Å²) in [7, 11) is 0. The third-order valence-corrected chi connectivity index (χ3v) is 2.42. The van der Waals surface area contributed by atoms with E-state index in [1.165, 1.54) is 0 Å². The van der Waals surface area contributed by atoms with Crippen LogP contribution in [0.2, 0.25) is 0 Å². The Bertz CT molecular complexity index is 597. The van der Waals surface area contributed by atoms with E-state index < -0.39 is 6.03 Å². The van der Waals surface area contributed by atoms with Gasteiger partial charge in [0, 0.05) is 16.9 Å². The molecule has 0 aliphatic rings. The van der Waals surface area contributed by atoms with E-state index in [0.29, 0.717) is 16.9 Å². The van der Waals surface area contributed by atoms with Crippen molar-refractivity contribution in [1.29, 1.82) is 0 Å². The van der Waals surface area contributed by atoms with Crippen LogP contribution in [-0.4, -0.2) is 11.9 Å². The number of urea groups is 1. The lowest BCUT2D eigenvalue weighted by atomic mass is 10.2. The third-order valence-electron chi connectivity index (χ3n) is 2.42. The van der Waals surface area contributed by atoms with E-state index in [1.54, 1.807) is 36.4 Å². The Kier molecular flexibility index (Phi) is 3.78. The van der Waals surface area contributed by atoms with E-state index in [2.05, 4.69) is 10.6 Å². The fourth-order valence-electron chi connectivity index (χ4n) is 1.61. The molecule has 0 radical (unpaired) electrons. The number of nitrogens with one attached hydrogen (secondary N) is 2. The van der Waals surface area contributed by atoms with Gasteiger partial charge in [0.25, 0.3) is 5.91 Å². The minimum atomic E-state index is -0.666. The fourth-order valence-corrected chi connectivity index (χ4v) is 1.61. The number of benzene rings is 2. The number of carbonyl (C=O) groups is 2. The van der Waals surface area contributed by atoms with Crippen molar-refractivity contribution in [2.45, 2.75) is 0 Å². The highest BCUT2D eigenvalue weighted by molar-refractivity contribution is 6.05. The predicted octanol–water partition coefficient (Wildman–Crippen LogP) is 2.43. The second-order valence-electron chi connectivity index (χ2n) is 3.89. The van der Waals surface area contributed by atoms with Crippen LogP contribution >= 0.6 is 0 Å². The van der Waals surface area contributed by atoms with Gasteiger partial charge in [0.1, 0.15) is 0 Å². The quantitative estimate of drug-likeness (QED) is 0.787. The number of hydrogen-bond acceptors (Lipinski definition) is 2. The summed E-state index contributed by atoms with van der Waals surface area (Å²) in [6.45, 7) is 0. The topological polar surface area (TPSA) is 84.2 Å². The van der Waals surface area contributed by atoms with Crippen molar-refractivity contribution in [1.82, 2.24) is 0 Å². The smallest absolute Gasteiger partial charge is 0.316 e. The highest BCUT2D eigenvalue weighted by Crippen LogP contribution is 2.13. The van der Waals surface area contributed by atoms with Crippen LogP contribution < -0.4 is 16.4 Å². The maximum Gasteiger partial charge on any atom is 0.316 e. The second kappa shape index (κ2) is 5.68. The van der Waals surface area contributed by atoms with Gasteiger partial charge < -0.3 is 16.4 Å². The molecule has 0 spiro atoms. The largest absolute Gasteiger partial charge is 0.351 e. The third kappa shape index (κ3) is 3.57. The molecule has 0 aliphatic carbocycles. The van der Waals surface area contributed by atoms with Gasteiger partial charge in [-0.1, -0.05) is 24.3 Å². The molecule has 96 valence electrons. The van der Waals surface area contributed by atoms with Crippen LogP contribution in [0.25, 0.3) is 0 Å². The summed E-state index contributed by atoms with van der Waals surface area (Å²) in [4.78, 5) is 22.7. The number of carbonyl (C=O) groups excluding carboxylic acids is 2. The van der Waals surface area contributed by atoms with E-state index >= 15 is 0 Å². The maximum atomic E-state index is 12.0. The molecule has 0 aromatic heterocycles. The molecule has 0 fully saturated rings. The van der Waals surface area contributed by atoms with Gasteiger partial charge in [-0.2, -0.15) is 0 Å². The zero-order chi connectivity index (χ0) is 13.7. The predicted molar refractivity (Wildman–Crippen MR) is 74.0 cm³/mol. The molecule has 0 atom stereocenters. The zero-order valence-corrected chi connectivity index (χ0v) is 10.1. The van der Waals surface area contributed by atoms with E-state index in [4.69, 9.17) is 5.73 Å². The Morgan fingerprint density at radius 1 is 0.842 bits per heavy atom. The molecule has 4 N–H and O–H groups in total. The summed E-state index contributed by atoms with van der Waals surface area (Å²) in [6, 6.07) is 15.0. The van der Waals surface area contributed by atoms with Gasteiger partial charge in [-0.15, -0.1) is 0 Å². The first-order chi connectivity index (χ1) is 9.15. The molecule has 0 saturated heterocycles. The van der Waals surface area contributed by atoms with E-state index in [9.17, 15) is 9.59 Å². The molecule has 19 heavy (non-hydrogen) atoms. The average molecular weight is 255 g/mol. The van der Waals surface area contributed by atoms with Crippen LogP contribution in [0.5, 0.6) is 0 Å². The number of para-hydroxylation sites is 1. The van der Waals surface area contributed by atoms with Gasteiger partial charge in [0.15, 0.2) is 0 Å². The monoisotopic (exact) mass is 255 g/mol. The Morgan fingerprint density at radius 3 is 2.21 bits per heavy atom. The van der Waals surface area contributed by atoms with Crippen LogP contribution in [0.15, 0.2) is 54.6 Å². The summed E-state index contributed by atoms with van der Waals surface area (Å²) >= 11 is 0. The van der Waals surface area contributed by atoms with E-state index in [0.717, 1.165) is 0 Å². The summed E-state index contributed by atoms with van der Waals surface area (Å²) in [6.07, 6.45) is 0. The molecule has 5 heteroatoms. The zero-order valence-electron chi connectivity index (χ0n) is 10.1. The lowest BCUT2D eigenvalue weighted by Crippen LogP contribution is -2.19. The van der Waals surface area contributed by atoms with Crippen molar-refractivity contribution in [2.24, 2.45) is 5.73 Å². The summed E-state index contributed by atoms with van der Waals surface area (Å²) in [5.74, 6) is -0.251. The first kappa shape index (κ1) is 12.6. The minimum absolute atomic E-state index is 0.251. The number of hydrogen-bond donors (Lipinski definition) is 3. The highest BCUT2D eigenvalue weighted by Gasteiger charge is 2.07. The number of rotatable bonds is 3. The Balaban J connectivity index is 2.13. The van der Waals surface area contributed by atoms with Gasteiger partial charge in [0.2, 0.25) is 0 Å². The standard InChI is InChI=1S/C14H13N3O2/c15-14(19)17-12-8-4-5-10(9-12)13(18)16-11-6-2-1-3-7-11/h1-9H,(H,16,18)(H3,15,17,19). The van der Waals surface area contributed by atoms with Crippen molar-refractivity contribution < 1.29 is 9.59 Å². The molecule has 0 saturated carbocycles. The number of primary amides is 1. The normalized spacial score (nSPS) is 9.68.